The molecule has 0 amide bonds. The van der Waals surface area contributed by atoms with Crippen LogP contribution in [0.5, 0.6) is 0 Å². The first kappa shape index (κ1) is 21.9. The average molecular weight is 448 g/mol. The Morgan fingerprint density at radius 3 is 2.15 bits per heavy atom. The number of halogens is 4. The molecule has 0 aliphatic carbocycles. The van der Waals surface area contributed by atoms with E-state index in [4.69, 9.17) is 19.7 Å². The molecule has 1 aromatic heterocycles. The minimum Gasteiger partial charge on any atom is -0.321 e. The lowest BCUT2D eigenvalue weighted by Crippen LogP contribution is -2.29. The van der Waals surface area contributed by atoms with E-state index >= 15 is 0 Å². The number of nitrogens with one attached hydrogen (secondary N) is 1. The number of aromatic nitrogens is 1. The van der Waals surface area contributed by atoms with E-state index in [-0.39, 0.29) is 24.1 Å². The van der Waals surface area contributed by atoms with Crippen LogP contribution in [0.2, 0.25) is 0 Å². The second kappa shape index (κ2) is 7.56. The molecule has 0 aliphatic rings. The zero-order valence-electron chi connectivity index (χ0n) is 14.0. The number of benzene rings is 1. The molecule has 0 saturated carbocycles. The van der Waals surface area contributed by atoms with Crippen LogP contribution in [0.3, 0.4) is 0 Å². The Bertz CT molecular complexity index is 1070. The van der Waals surface area contributed by atoms with Crippen molar-refractivity contribution in [1.82, 2.24) is 4.98 Å². The summed E-state index contributed by atoms with van der Waals surface area (Å²) in [6.45, 7) is 2.88. The largest absolute Gasteiger partial charge is 0.417 e. The van der Waals surface area contributed by atoms with Crippen molar-refractivity contribution >= 4 is 43.5 Å². The number of hydrogen-bond acceptors (Lipinski definition) is 6. The van der Waals surface area contributed by atoms with Crippen LogP contribution in [0.25, 0.3) is 10.9 Å². The van der Waals surface area contributed by atoms with E-state index in [0.29, 0.717) is 12.1 Å². The third kappa shape index (κ3) is 4.55. The topological polar surface area (TPSA) is 103 Å². The number of alkyl halides is 3. The maximum Gasteiger partial charge on any atom is 0.417 e. The Hall–Kier alpha value is -1.39. The molecule has 1 heterocycles. The standard InChI is InChI=1S/C14H14ClF3NO6PS/c1-3-24-26(21,25-4-2)11-5-8-6-12(27(15,22)23)9(14(16,17)18)7-10(8)19-13(11)20/h5-7H,3-4H2,1-2H3,(H,19,20). The van der Waals surface area contributed by atoms with Crippen LogP contribution in [0.4, 0.5) is 13.2 Å². The molecule has 0 unspecified atom stereocenters. The Balaban J connectivity index is 2.87. The van der Waals surface area contributed by atoms with Gasteiger partial charge in [-0.15, -0.1) is 0 Å². The van der Waals surface area contributed by atoms with Crippen LogP contribution in [-0.2, 0) is 28.8 Å². The first-order valence-electron chi connectivity index (χ1n) is 7.46. The van der Waals surface area contributed by atoms with E-state index in [2.05, 4.69) is 4.98 Å². The molecule has 0 saturated heterocycles. The van der Waals surface area contributed by atoms with E-state index in [1.165, 1.54) is 13.8 Å². The fraction of sp³-hybridized carbons (Fsp3) is 0.357. The van der Waals surface area contributed by atoms with Gasteiger partial charge in [0, 0.05) is 21.6 Å². The highest BCUT2D eigenvalue weighted by Crippen LogP contribution is 2.46. The summed E-state index contributed by atoms with van der Waals surface area (Å²) in [5.74, 6) is 0. The van der Waals surface area contributed by atoms with E-state index in [0.717, 1.165) is 6.07 Å². The molecule has 2 rings (SSSR count). The molecule has 0 radical (unpaired) electrons. The molecule has 0 bridgehead atoms. The van der Waals surface area contributed by atoms with Gasteiger partial charge < -0.3 is 14.0 Å². The highest BCUT2D eigenvalue weighted by molar-refractivity contribution is 8.13. The molecular weight excluding hydrogens is 434 g/mol. The van der Waals surface area contributed by atoms with Crippen molar-refractivity contribution in [2.75, 3.05) is 13.2 Å². The second-order valence-electron chi connectivity index (χ2n) is 5.19. The smallest absolute Gasteiger partial charge is 0.321 e. The third-order valence-electron chi connectivity index (χ3n) is 3.39. The van der Waals surface area contributed by atoms with E-state index in [9.17, 15) is 30.9 Å². The van der Waals surface area contributed by atoms with Gasteiger partial charge >= 0.3 is 13.8 Å². The van der Waals surface area contributed by atoms with E-state index in [1.807, 2.05) is 0 Å². The van der Waals surface area contributed by atoms with Crippen molar-refractivity contribution in [1.29, 1.82) is 0 Å². The maximum atomic E-state index is 13.2. The quantitative estimate of drug-likeness (QED) is 0.538. The summed E-state index contributed by atoms with van der Waals surface area (Å²) in [6.07, 6.45) is -5.03. The van der Waals surface area contributed by atoms with Crippen molar-refractivity contribution in [3.63, 3.8) is 0 Å². The Morgan fingerprint density at radius 2 is 1.70 bits per heavy atom. The molecule has 13 heteroatoms. The Morgan fingerprint density at radius 1 is 1.15 bits per heavy atom. The molecule has 27 heavy (non-hydrogen) atoms. The molecule has 0 fully saturated rings. The molecule has 0 aliphatic heterocycles. The first-order valence-corrected chi connectivity index (χ1v) is 11.3. The highest BCUT2D eigenvalue weighted by atomic mass is 35.7. The predicted octanol–water partition coefficient (Wildman–Crippen LogP) is 3.37. The van der Waals surface area contributed by atoms with Crippen LogP contribution < -0.4 is 10.9 Å². The average Bonchev–Trinajstić information content (AvgIpc) is 2.51. The lowest BCUT2D eigenvalue weighted by atomic mass is 10.1. The summed E-state index contributed by atoms with van der Waals surface area (Å²) in [5.41, 5.74) is -2.84. The summed E-state index contributed by atoms with van der Waals surface area (Å²) in [5, 5.41) is -0.604. The summed E-state index contributed by atoms with van der Waals surface area (Å²) >= 11 is 0. The maximum absolute atomic E-state index is 13.2. The van der Waals surface area contributed by atoms with Gasteiger partial charge in [-0.25, -0.2) is 8.42 Å². The van der Waals surface area contributed by atoms with Gasteiger partial charge in [-0.3, -0.25) is 9.36 Å². The number of rotatable bonds is 6. The minimum atomic E-state index is -5.03. The molecule has 2 aromatic rings. The third-order valence-corrected chi connectivity index (χ3v) is 6.87. The van der Waals surface area contributed by atoms with E-state index in [1.54, 1.807) is 0 Å². The van der Waals surface area contributed by atoms with Gasteiger partial charge in [-0.05, 0) is 32.0 Å². The number of pyridine rings is 1. The van der Waals surface area contributed by atoms with Gasteiger partial charge in [-0.1, -0.05) is 0 Å². The fourth-order valence-corrected chi connectivity index (χ4v) is 5.09. The van der Waals surface area contributed by atoms with Crippen molar-refractivity contribution in [3.8, 4) is 0 Å². The zero-order valence-corrected chi connectivity index (χ0v) is 16.4. The summed E-state index contributed by atoms with van der Waals surface area (Å²) in [7, 11) is -3.69. The number of fused-ring (bicyclic) bond motifs is 1. The molecule has 1 N–H and O–H groups in total. The van der Waals surface area contributed by atoms with Gasteiger partial charge in [-0.2, -0.15) is 13.2 Å². The fourth-order valence-electron chi connectivity index (χ4n) is 2.37. The molecule has 7 nitrogen and oxygen atoms in total. The monoisotopic (exact) mass is 447 g/mol. The molecule has 150 valence electrons. The van der Waals surface area contributed by atoms with Crippen LogP contribution >= 0.6 is 18.3 Å². The lowest BCUT2D eigenvalue weighted by Gasteiger charge is -2.17. The highest BCUT2D eigenvalue weighted by Gasteiger charge is 2.38. The number of hydrogen-bond donors (Lipinski definition) is 1. The van der Waals surface area contributed by atoms with Crippen LogP contribution in [-0.4, -0.2) is 26.6 Å². The van der Waals surface area contributed by atoms with Gasteiger partial charge in [0.15, 0.2) is 0 Å². The van der Waals surface area contributed by atoms with Gasteiger partial charge in [0.1, 0.15) is 5.30 Å². The van der Waals surface area contributed by atoms with Crippen molar-refractivity contribution in [3.05, 3.63) is 34.1 Å². The molecule has 0 atom stereocenters. The Labute approximate surface area is 156 Å². The Kier molecular flexibility index (Phi) is 6.13. The van der Waals surface area contributed by atoms with Crippen molar-refractivity contribution in [2.45, 2.75) is 24.9 Å². The molecule has 1 aromatic carbocycles. The molecular formula is C14H14ClF3NO6PS. The number of H-pyrrole nitrogens is 1. The van der Waals surface area contributed by atoms with Gasteiger partial charge in [0.25, 0.3) is 14.6 Å². The lowest BCUT2D eigenvalue weighted by molar-refractivity contribution is -0.139. The second-order valence-corrected chi connectivity index (χ2v) is 9.72. The first-order chi connectivity index (χ1) is 12.3. The minimum absolute atomic E-state index is 0.0664. The number of aromatic amines is 1. The SMILES string of the molecule is CCOP(=O)(OCC)c1cc2cc(S(=O)(=O)Cl)c(C(F)(F)F)cc2[nH]c1=O. The van der Waals surface area contributed by atoms with Gasteiger partial charge in [0.05, 0.1) is 23.7 Å². The summed E-state index contributed by atoms with van der Waals surface area (Å²) in [6, 6.07) is 2.05. The van der Waals surface area contributed by atoms with Crippen LogP contribution in [0.1, 0.15) is 19.4 Å². The van der Waals surface area contributed by atoms with Crippen molar-refractivity contribution in [2.24, 2.45) is 0 Å². The van der Waals surface area contributed by atoms with Crippen LogP contribution in [0.15, 0.2) is 27.9 Å². The van der Waals surface area contributed by atoms with E-state index < -0.39 is 44.1 Å². The zero-order chi connectivity index (χ0) is 20.6. The summed E-state index contributed by atoms with van der Waals surface area (Å²) < 4.78 is 85.6. The summed E-state index contributed by atoms with van der Waals surface area (Å²) in [4.78, 5) is 13.2. The molecule has 0 spiro atoms. The van der Waals surface area contributed by atoms with Crippen molar-refractivity contribution < 1.29 is 35.2 Å². The van der Waals surface area contributed by atoms with Gasteiger partial charge in [0.2, 0.25) is 0 Å². The predicted molar refractivity (Wildman–Crippen MR) is 93.1 cm³/mol. The van der Waals surface area contributed by atoms with Crippen LogP contribution in [0, 0.1) is 0 Å². The normalized spacial score (nSPS) is 13.3.